The second-order valence-corrected chi connectivity index (χ2v) is 2.72. The van der Waals surface area contributed by atoms with Gasteiger partial charge in [-0.3, -0.25) is 0 Å². The Labute approximate surface area is 73.2 Å². The van der Waals surface area contributed by atoms with Crippen LogP contribution in [0.4, 0.5) is 0 Å². The van der Waals surface area contributed by atoms with Crippen LogP contribution in [0.3, 0.4) is 0 Å². The molecule has 0 aliphatic carbocycles. The highest BCUT2D eigenvalue weighted by atomic mass is 16.5. The molecule has 2 rings (SSSR count). The zero-order chi connectivity index (χ0) is 9.42. The van der Waals surface area contributed by atoms with Gasteiger partial charge >= 0.3 is 5.69 Å². The van der Waals surface area contributed by atoms with Gasteiger partial charge in [-0.25, -0.2) is 14.5 Å². The summed E-state index contributed by atoms with van der Waals surface area (Å²) < 4.78 is 6.24. The number of hydrogen-bond donors (Lipinski definition) is 1. The van der Waals surface area contributed by atoms with Crippen molar-refractivity contribution in [3.05, 3.63) is 28.1 Å². The summed E-state index contributed by atoms with van der Waals surface area (Å²) in [7, 11) is 0. The van der Waals surface area contributed by atoms with Crippen molar-refractivity contribution in [2.24, 2.45) is 0 Å². The van der Waals surface area contributed by atoms with Gasteiger partial charge in [0.15, 0.2) is 0 Å². The molecule has 2 heterocycles. The Morgan fingerprint density at radius 1 is 1.54 bits per heavy atom. The fourth-order valence-corrected chi connectivity index (χ4v) is 1.09. The smallest absolute Gasteiger partial charge is 0.337 e. The van der Waals surface area contributed by atoms with Crippen molar-refractivity contribution in [1.82, 2.24) is 19.9 Å². The first-order chi connectivity index (χ1) is 6.18. The Kier molecular flexibility index (Phi) is 1.54. The first-order valence-corrected chi connectivity index (χ1v) is 3.76. The molecule has 2 aromatic rings. The fourth-order valence-electron chi connectivity index (χ4n) is 1.09. The Morgan fingerprint density at radius 2 is 2.31 bits per heavy atom. The standard InChI is InChI=1S/C7H8N4O2/c1-4-3-6(13-10-4)11-5(2)8-9-7(11)12/h3H,1-2H3,(H,9,12). The Morgan fingerprint density at radius 3 is 2.77 bits per heavy atom. The van der Waals surface area contributed by atoms with E-state index in [0.29, 0.717) is 11.7 Å². The van der Waals surface area contributed by atoms with E-state index in [0.717, 1.165) is 5.69 Å². The number of rotatable bonds is 1. The molecule has 1 N–H and O–H groups in total. The molecule has 6 heteroatoms. The maximum Gasteiger partial charge on any atom is 0.350 e. The van der Waals surface area contributed by atoms with E-state index in [1.165, 1.54) is 4.57 Å². The molecule has 0 aromatic carbocycles. The summed E-state index contributed by atoms with van der Waals surface area (Å²) in [4.78, 5) is 11.2. The zero-order valence-electron chi connectivity index (χ0n) is 7.24. The summed E-state index contributed by atoms with van der Waals surface area (Å²) in [6.07, 6.45) is 0. The van der Waals surface area contributed by atoms with Gasteiger partial charge in [0.05, 0.1) is 5.69 Å². The van der Waals surface area contributed by atoms with Crippen molar-refractivity contribution in [2.75, 3.05) is 0 Å². The van der Waals surface area contributed by atoms with E-state index < -0.39 is 0 Å². The highest BCUT2D eigenvalue weighted by molar-refractivity contribution is 5.20. The molecule has 0 atom stereocenters. The minimum Gasteiger partial charge on any atom is -0.337 e. The quantitative estimate of drug-likeness (QED) is 0.678. The van der Waals surface area contributed by atoms with E-state index in [9.17, 15) is 4.79 Å². The predicted molar refractivity (Wildman–Crippen MR) is 43.7 cm³/mol. The molecule has 68 valence electrons. The Bertz CT molecular complexity index is 479. The lowest BCUT2D eigenvalue weighted by molar-refractivity contribution is 0.398. The van der Waals surface area contributed by atoms with Gasteiger partial charge < -0.3 is 4.52 Å². The number of hydrogen-bond acceptors (Lipinski definition) is 4. The van der Waals surface area contributed by atoms with Crippen molar-refractivity contribution in [1.29, 1.82) is 0 Å². The van der Waals surface area contributed by atoms with Crippen LogP contribution >= 0.6 is 0 Å². The summed E-state index contributed by atoms with van der Waals surface area (Å²) in [5, 5.41) is 9.73. The van der Waals surface area contributed by atoms with E-state index in [2.05, 4.69) is 15.4 Å². The Hall–Kier alpha value is -1.85. The molecule has 13 heavy (non-hydrogen) atoms. The van der Waals surface area contributed by atoms with Crippen molar-refractivity contribution < 1.29 is 4.52 Å². The molecule has 0 saturated carbocycles. The number of aromatic amines is 1. The second kappa shape index (κ2) is 2.58. The van der Waals surface area contributed by atoms with Gasteiger partial charge in [-0.1, -0.05) is 5.16 Å². The van der Waals surface area contributed by atoms with Gasteiger partial charge in [0, 0.05) is 6.07 Å². The normalized spacial score (nSPS) is 10.6. The number of nitrogens with zero attached hydrogens (tertiary/aromatic N) is 3. The highest BCUT2D eigenvalue weighted by Crippen LogP contribution is 2.07. The van der Waals surface area contributed by atoms with Gasteiger partial charge in [-0.05, 0) is 13.8 Å². The highest BCUT2D eigenvalue weighted by Gasteiger charge is 2.09. The van der Waals surface area contributed by atoms with E-state index in [1.807, 2.05) is 0 Å². The largest absolute Gasteiger partial charge is 0.350 e. The summed E-state index contributed by atoms with van der Waals surface area (Å²) in [6, 6.07) is 1.67. The Balaban J connectivity index is 2.64. The summed E-state index contributed by atoms with van der Waals surface area (Å²) in [5.74, 6) is 0.926. The molecular weight excluding hydrogens is 172 g/mol. The minimum atomic E-state index is -0.325. The fraction of sp³-hybridized carbons (Fsp3) is 0.286. The molecule has 0 bridgehead atoms. The molecule has 0 fully saturated rings. The van der Waals surface area contributed by atoms with Crippen molar-refractivity contribution in [3.63, 3.8) is 0 Å². The second-order valence-electron chi connectivity index (χ2n) is 2.72. The van der Waals surface area contributed by atoms with Crippen LogP contribution in [-0.4, -0.2) is 19.9 Å². The predicted octanol–water partition coefficient (Wildman–Crippen LogP) is 0.165. The third-order valence-electron chi connectivity index (χ3n) is 1.68. The van der Waals surface area contributed by atoms with E-state index in [1.54, 1.807) is 19.9 Å². The van der Waals surface area contributed by atoms with Crippen LogP contribution in [0.25, 0.3) is 5.88 Å². The molecule has 2 aromatic heterocycles. The molecule has 0 spiro atoms. The van der Waals surface area contributed by atoms with E-state index >= 15 is 0 Å². The monoisotopic (exact) mass is 180 g/mol. The molecule has 0 aliphatic heterocycles. The lowest BCUT2D eigenvalue weighted by Gasteiger charge is -1.92. The van der Waals surface area contributed by atoms with Crippen molar-refractivity contribution >= 4 is 0 Å². The zero-order valence-corrected chi connectivity index (χ0v) is 7.24. The lowest BCUT2D eigenvalue weighted by atomic mass is 10.5. The molecule has 0 saturated heterocycles. The molecule has 6 nitrogen and oxygen atoms in total. The average molecular weight is 180 g/mol. The third kappa shape index (κ3) is 1.16. The van der Waals surface area contributed by atoms with Crippen LogP contribution in [0.2, 0.25) is 0 Å². The molecule has 0 aliphatic rings. The van der Waals surface area contributed by atoms with Crippen LogP contribution in [0.5, 0.6) is 0 Å². The van der Waals surface area contributed by atoms with Crippen LogP contribution in [0.15, 0.2) is 15.4 Å². The van der Waals surface area contributed by atoms with E-state index in [4.69, 9.17) is 4.52 Å². The topological polar surface area (TPSA) is 76.7 Å². The number of nitrogens with one attached hydrogen (secondary N) is 1. The first-order valence-electron chi connectivity index (χ1n) is 3.76. The van der Waals surface area contributed by atoms with Crippen LogP contribution < -0.4 is 5.69 Å². The maximum atomic E-state index is 11.2. The number of H-pyrrole nitrogens is 1. The van der Waals surface area contributed by atoms with E-state index in [-0.39, 0.29) is 5.69 Å². The average Bonchev–Trinajstić information content (AvgIpc) is 2.60. The first kappa shape index (κ1) is 7.78. The van der Waals surface area contributed by atoms with Gasteiger partial charge in [0.25, 0.3) is 0 Å². The van der Waals surface area contributed by atoms with Crippen molar-refractivity contribution in [3.8, 4) is 5.88 Å². The summed E-state index contributed by atoms with van der Waals surface area (Å²) in [6.45, 7) is 3.49. The molecule has 0 unspecified atom stereocenters. The van der Waals surface area contributed by atoms with Gasteiger partial charge in [0.2, 0.25) is 5.88 Å². The van der Waals surface area contributed by atoms with Crippen LogP contribution in [0, 0.1) is 13.8 Å². The van der Waals surface area contributed by atoms with Crippen LogP contribution in [0.1, 0.15) is 11.5 Å². The van der Waals surface area contributed by atoms with Gasteiger partial charge in [0.1, 0.15) is 5.82 Å². The summed E-state index contributed by atoms with van der Waals surface area (Å²) >= 11 is 0. The SMILES string of the molecule is Cc1cc(-n2c(C)n[nH]c2=O)on1. The molecule has 0 amide bonds. The maximum absolute atomic E-state index is 11.2. The van der Waals surface area contributed by atoms with Gasteiger partial charge in [-0.2, -0.15) is 5.10 Å². The lowest BCUT2D eigenvalue weighted by Crippen LogP contribution is -2.15. The molecular formula is C7H8N4O2. The number of aromatic nitrogens is 4. The van der Waals surface area contributed by atoms with Gasteiger partial charge in [-0.15, -0.1) is 0 Å². The van der Waals surface area contributed by atoms with Crippen molar-refractivity contribution in [2.45, 2.75) is 13.8 Å². The molecule has 0 radical (unpaired) electrons. The minimum absolute atomic E-state index is 0.325. The summed E-state index contributed by atoms with van der Waals surface area (Å²) in [5.41, 5.74) is 0.399. The number of aryl methyl sites for hydroxylation is 2. The van der Waals surface area contributed by atoms with Crippen LogP contribution in [-0.2, 0) is 0 Å². The third-order valence-corrected chi connectivity index (χ3v) is 1.68.